The second kappa shape index (κ2) is 8.31. The number of hydrogen-bond acceptors (Lipinski definition) is 4. The molecule has 0 saturated heterocycles. The second-order valence-electron chi connectivity index (χ2n) is 4.01. The van der Waals surface area contributed by atoms with Crippen LogP contribution in [0.3, 0.4) is 0 Å². The molecular weight excluding hydrogens is 262 g/mol. The number of nitrogen functional groups attached to an aromatic ring is 1. The summed E-state index contributed by atoms with van der Waals surface area (Å²) < 4.78 is 4.97. The van der Waals surface area contributed by atoms with Gasteiger partial charge < -0.3 is 15.8 Å². The van der Waals surface area contributed by atoms with Crippen LogP contribution in [-0.4, -0.2) is 17.8 Å². The number of benzene rings is 1. The number of anilines is 2. The summed E-state index contributed by atoms with van der Waals surface area (Å²) >= 11 is 4.99. The highest BCUT2D eigenvalue weighted by Crippen LogP contribution is 2.16. The summed E-state index contributed by atoms with van der Waals surface area (Å²) in [6, 6.07) is 7.16. The van der Waals surface area contributed by atoms with Crippen molar-refractivity contribution in [2.45, 2.75) is 26.2 Å². The summed E-state index contributed by atoms with van der Waals surface area (Å²) in [4.78, 5) is 11.4. The molecule has 0 radical (unpaired) electrons. The van der Waals surface area contributed by atoms with Gasteiger partial charge in [0.25, 0.3) is 0 Å². The first-order valence-electron chi connectivity index (χ1n) is 6.22. The van der Waals surface area contributed by atoms with E-state index < -0.39 is 6.09 Å². The van der Waals surface area contributed by atoms with Crippen molar-refractivity contribution in [3.8, 4) is 0 Å². The van der Waals surface area contributed by atoms with Crippen molar-refractivity contribution in [3.63, 3.8) is 0 Å². The topological polar surface area (TPSA) is 76.4 Å². The molecule has 0 heterocycles. The van der Waals surface area contributed by atoms with Crippen LogP contribution < -0.4 is 16.4 Å². The van der Waals surface area contributed by atoms with E-state index >= 15 is 0 Å². The lowest BCUT2D eigenvalue weighted by Crippen LogP contribution is -2.34. The summed E-state index contributed by atoms with van der Waals surface area (Å²) in [5.74, 6) is 0. The molecule has 1 aromatic carbocycles. The fourth-order valence-electron chi connectivity index (χ4n) is 1.41. The van der Waals surface area contributed by atoms with Crippen molar-refractivity contribution >= 4 is 34.8 Å². The number of hydrogen-bond donors (Lipinski definition) is 3. The number of para-hydroxylation sites is 2. The van der Waals surface area contributed by atoms with E-state index in [2.05, 4.69) is 17.6 Å². The molecule has 1 amide bonds. The van der Waals surface area contributed by atoms with Gasteiger partial charge in [0.2, 0.25) is 0 Å². The molecule has 19 heavy (non-hydrogen) atoms. The van der Waals surface area contributed by atoms with Crippen LogP contribution in [0.4, 0.5) is 16.2 Å². The molecule has 0 saturated carbocycles. The second-order valence-corrected chi connectivity index (χ2v) is 4.42. The van der Waals surface area contributed by atoms with Gasteiger partial charge in [-0.25, -0.2) is 4.79 Å². The quantitative estimate of drug-likeness (QED) is 0.439. The molecule has 0 atom stereocenters. The minimum atomic E-state index is -0.553. The van der Waals surface area contributed by atoms with E-state index in [1.807, 2.05) is 12.1 Å². The van der Waals surface area contributed by atoms with E-state index in [0.29, 0.717) is 18.0 Å². The molecule has 0 aliphatic carbocycles. The highest BCUT2D eigenvalue weighted by molar-refractivity contribution is 7.80. The van der Waals surface area contributed by atoms with E-state index in [4.69, 9.17) is 22.7 Å². The summed E-state index contributed by atoms with van der Waals surface area (Å²) in [6.45, 7) is 2.49. The van der Waals surface area contributed by atoms with Crippen LogP contribution in [0.15, 0.2) is 24.3 Å². The largest absolute Gasteiger partial charge is 0.449 e. The van der Waals surface area contributed by atoms with Gasteiger partial charge in [0.15, 0.2) is 5.11 Å². The molecule has 0 fully saturated rings. The zero-order valence-corrected chi connectivity index (χ0v) is 11.8. The van der Waals surface area contributed by atoms with Crippen molar-refractivity contribution in [3.05, 3.63) is 24.3 Å². The molecule has 5 nitrogen and oxygen atoms in total. The Bertz CT molecular complexity index is 438. The SMILES string of the molecule is CCCCCOC(=O)NC(=S)Nc1ccccc1N. The lowest BCUT2D eigenvalue weighted by molar-refractivity contribution is 0.149. The number of nitrogens with one attached hydrogen (secondary N) is 2. The number of ether oxygens (including phenoxy) is 1. The van der Waals surface area contributed by atoms with E-state index in [1.165, 1.54) is 0 Å². The highest BCUT2D eigenvalue weighted by atomic mass is 32.1. The molecule has 4 N–H and O–H groups in total. The number of alkyl carbamates (subject to hydrolysis) is 1. The monoisotopic (exact) mass is 281 g/mol. The van der Waals surface area contributed by atoms with Crippen LogP contribution in [0, 0.1) is 0 Å². The molecule has 0 aromatic heterocycles. The zero-order chi connectivity index (χ0) is 14.1. The minimum absolute atomic E-state index is 0.165. The Morgan fingerprint density at radius 3 is 2.79 bits per heavy atom. The molecule has 0 aliphatic heterocycles. The van der Waals surface area contributed by atoms with Crippen molar-refractivity contribution in [2.75, 3.05) is 17.7 Å². The number of amides is 1. The first-order valence-corrected chi connectivity index (χ1v) is 6.63. The van der Waals surface area contributed by atoms with Gasteiger partial charge in [0, 0.05) is 0 Å². The van der Waals surface area contributed by atoms with Gasteiger partial charge in [-0.1, -0.05) is 31.9 Å². The summed E-state index contributed by atoms with van der Waals surface area (Å²) in [5, 5.41) is 5.44. The van der Waals surface area contributed by atoms with Gasteiger partial charge in [-0.2, -0.15) is 0 Å². The third-order valence-electron chi connectivity index (χ3n) is 2.41. The van der Waals surface area contributed by atoms with Gasteiger partial charge in [-0.15, -0.1) is 0 Å². The third kappa shape index (κ3) is 6.05. The highest BCUT2D eigenvalue weighted by Gasteiger charge is 2.06. The molecule has 104 valence electrons. The Kier molecular flexibility index (Phi) is 6.67. The molecule has 0 aliphatic rings. The predicted molar refractivity (Wildman–Crippen MR) is 81.1 cm³/mol. The minimum Gasteiger partial charge on any atom is -0.449 e. The van der Waals surface area contributed by atoms with Crippen LogP contribution in [0.5, 0.6) is 0 Å². The van der Waals surface area contributed by atoms with Crippen LogP contribution in [0.1, 0.15) is 26.2 Å². The number of carbonyl (C=O) groups is 1. The smallest absolute Gasteiger partial charge is 0.413 e. The zero-order valence-electron chi connectivity index (χ0n) is 10.9. The van der Waals surface area contributed by atoms with Gasteiger partial charge in [0.05, 0.1) is 18.0 Å². The van der Waals surface area contributed by atoms with E-state index in [0.717, 1.165) is 19.3 Å². The molecular formula is C13H19N3O2S. The number of unbranched alkanes of at least 4 members (excludes halogenated alkanes) is 2. The average Bonchev–Trinajstić information content (AvgIpc) is 2.37. The number of rotatable bonds is 5. The maximum atomic E-state index is 11.4. The Labute approximate surface area is 118 Å². The maximum Gasteiger partial charge on any atom is 0.413 e. The Balaban J connectivity index is 2.31. The van der Waals surface area contributed by atoms with E-state index in [-0.39, 0.29) is 5.11 Å². The first kappa shape index (κ1) is 15.2. The average molecular weight is 281 g/mol. The van der Waals surface area contributed by atoms with Crippen molar-refractivity contribution < 1.29 is 9.53 Å². The number of carbonyl (C=O) groups excluding carboxylic acids is 1. The number of thiocarbonyl (C=S) groups is 1. The maximum absolute atomic E-state index is 11.4. The Morgan fingerprint density at radius 1 is 1.37 bits per heavy atom. The Morgan fingerprint density at radius 2 is 2.11 bits per heavy atom. The summed E-state index contributed by atoms with van der Waals surface area (Å²) in [5.41, 5.74) is 6.96. The van der Waals surface area contributed by atoms with Crippen LogP contribution in [-0.2, 0) is 4.74 Å². The molecule has 0 unspecified atom stereocenters. The molecule has 0 bridgehead atoms. The molecule has 1 rings (SSSR count). The van der Waals surface area contributed by atoms with E-state index in [9.17, 15) is 4.79 Å². The van der Waals surface area contributed by atoms with Gasteiger partial charge >= 0.3 is 6.09 Å². The first-order chi connectivity index (χ1) is 9.13. The standard InChI is InChI=1S/C13H19N3O2S/c1-2-3-6-9-18-13(17)16-12(19)15-11-8-5-4-7-10(11)14/h4-5,7-8H,2-3,6,9,14H2,1H3,(H2,15,16,17,19). The van der Waals surface area contributed by atoms with E-state index in [1.54, 1.807) is 12.1 Å². The van der Waals surface area contributed by atoms with Gasteiger partial charge in [-0.05, 0) is 30.8 Å². The fraction of sp³-hybridized carbons (Fsp3) is 0.385. The predicted octanol–water partition coefficient (Wildman–Crippen LogP) is 2.88. The Hall–Kier alpha value is -1.82. The molecule has 1 aromatic rings. The van der Waals surface area contributed by atoms with Gasteiger partial charge in [0.1, 0.15) is 0 Å². The summed E-state index contributed by atoms with van der Waals surface area (Å²) in [7, 11) is 0. The normalized spacial score (nSPS) is 9.74. The van der Waals surface area contributed by atoms with Crippen molar-refractivity contribution in [1.29, 1.82) is 0 Å². The van der Waals surface area contributed by atoms with Gasteiger partial charge in [-0.3, -0.25) is 5.32 Å². The lowest BCUT2D eigenvalue weighted by Gasteiger charge is -2.11. The lowest BCUT2D eigenvalue weighted by atomic mass is 10.3. The fourth-order valence-corrected chi connectivity index (χ4v) is 1.60. The molecule has 0 spiro atoms. The van der Waals surface area contributed by atoms with Crippen LogP contribution in [0.25, 0.3) is 0 Å². The summed E-state index contributed by atoms with van der Waals surface area (Å²) in [6.07, 6.45) is 2.42. The molecule has 6 heteroatoms. The van der Waals surface area contributed by atoms with Crippen molar-refractivity contribution in [1.82, 2.24) is 5.32 Å². The third-order valence-corrected chi connectivity index (χ3v) is 2.61. The number of nitrogens with two attached hydrogens (primary N) is 1. The van der Waals surface area contributed by atoms with Crippen LogP contribution in [0.2, 0.25) is 0 Å². The van der Waals surface area contributed by atoms with Crippen LogP contribution >= 0.6 is 12.2 Å². The van der Waals surface area contributed by atoms with Crippen molar-refractivity contribution in [2.24, 2.45) is 0 Å².